The van der Waals surface area contributed by atoms with Gasteiger partial charge in [-0.1, -0.05) is 54.2 Å². The lowest BCUT2D eigenvalue weighted by Gasteiger charge is -1.98. The number of thioether (sulfide) groups is 1. The van der Waals surface area contributed by atoms with Crippen LogP contribution < -0.4 is 0 Å². The van der Waals surface area contributed by atoms with Gasteiger partial charge in [0.15, 0.2) is 0 Å². The summed E-state index contributed by atoms with van der Waals surface area (Å²) in [4.78, 5) is 16.6. The van der Waals surface area contributed by atoms with Crippen molar-refractivity contribution in [3.63, 3.8) is 0 Å². The van der Waals surface area contributed by atoms with Gasteiger partial charge in [0.2, 0.25) is 0 Å². The van der Waals surface area contributed by atoms with Crippen molar-refractivity contribution in [2.45, 2.75) is 0 Å². The van der Waals surface area contributed by atoms with Gasteiger partial charge >= 0.3 is 0 Å². The maximum absolute atomic E-state index is 12.0. The molecule has 0 unspecified atom stereocenters. The van der Waals surface area contributed by atoms with Gasteiger partial charge in [0.1, 0.15) is 5.04 Å². The zero-order valence-electron chi connectivity index (χ0n) is 11.0. The molecule has 0 atom stereocenters. The van der Waals surface area contributed by atoms with Crippen molar-refractivity contribution < 1.29 is 4.79 Å². The molecule has 1 aliphatic heterocycles. The fourth-order valence-corrected chi connectivity index (χ4v) is 2.84. The maximum atomic E-state index is 12.0. The molecule has 0 radical (unpaired) electrons. The van der Waals surface area contributed by atoms with E-state index in [1.807, 2.05) is 42.5 Å². The standard InChI is InChI=1S/C17H10N2OS/c18-11-13-8-6-12(7-9-13)10-15-16(20)19-17(21-15)14-4-2-1-3-5-14/h1-10H/b15-10-. The second-order valence-electron chi connectivity index (χ2n) is 4.43. The predicted octanol–water partition coefficient (Wildman–Crippen LogP) is 3.62. The average Bonchev–Trinajstić information content (AvgIpc) is 2.90. The molecule has 2 aromatic carbocycles. The molecule has 0 saturated carbocycles. The summed E-state index contributed by atoms with van der Waals surface area (Å²) in [6.07, 6.45) is 1.80. The molecular weight excluding hydrogens is 280 g/mol. The molecular formula is C17H10N2OS. The highest BCUT2D eigenvalue weighted by Crippen LogP contribution is 2.31. The van der Waals surface area contributed by atoms with Crippen molar-refractivity contribution in [1.82, 2.24) is 0 Å². The van der Waals surface area contributed by atoms with E-state index in [1.165, 1.54) is 11.8 Å². The highest BCUT2D eigenvalue weighted by Gasteiger charge is 2.22. The van der Waals surface area contributed by atoms with Gasteiger partial charge in [0, 0.05) is 5.56 Å². The number of nitrogens with zero attached hydrogens (tertiary/aromatic N) is 2. The van der Waals surface area contributed by atoms with Crippen LogP contribution in [0.4, 0.5) is 0 Å². The third kappa shape index (κ3) is 2.93. The number of hydrogen-bond acceptors (Lipinski definition) is 3. The van der Waals surface area contributed by atoms with Gasteiger partial charge in [-0.3, -0.25) is 4.79 Å². The Kier molecular flexibility index (Phi) is 3.67. The quantitative estimate of drug-likeness (QED) is 0.794. The summed E-state index contributed by atoms with van der Waals surface area (Å²) in [5.41, 5.74) is 2.43. The number of rotatable bonds is 2. The van der Waals surface area contributed by atoms with E-state index in [9.17, 15) is 4.79 Å². The van der Waals surface area contributed by atoms with Crippen molar-refractivity contribution in [3.05, 3.63) is 76.2 Å². The molecule has 0 fully saturated rings. The normalized spacial score (nSPS) is 15.9. The first-order valence-corrected chi connectivity index (χ1v) is 7.16. The minimum absolute atomic E-state index is 0.219. The van der Waals surface area contributed by atoms with Crippen molar-refractivity contribution in [1.29, 1.82) is 5.26 Å². The molecule has 1 aliphatic rings. The van der Waals surface area contributed by atoms with Gasteiger partial charge in [-0.25, -0.2) is 4.99 Å². The molecule has 100 valence electrons. The minimum Gasteiger partial charge on any atom is -0.266 e. The van der Waals surface area contributed by atoms with Crippen molar-refractivity contribution in [2.75, 3.05) is 0 Å². The fraction of sp³-hybridized carbons (Fsp3) is 0. The van der Waals surface area contributed by atoms with Crippen molar-refractivity contribution >= 4 is 28.8 Å². The van der Waals surface area contributed by atoms with Crippen LogP contribution in [0.25, 0.3) is 6.08 Å². The minimum atomic E-state index is -0.219. The van der Waals surface area contributed by atoms with E-state index in [-0.39, 0.29) is 5.91 Å². The topological polar surface area (TPSA) is 53.2 Å². The summed E-state index contributed by atoms with van der Waals surface area (Å²) < 4.78 is 0. The molecule has 3 rings (SSSR count). The fourth-order valence-electron chi connectivity index (χ4n) is 1.92. The van der Waals surface area contributed by atoms with Crippen LogP contribution in [0.2, 0.25) is 0 Å². The second-order valence-corrected chi connectivity index (χ2v) is 5.46. The molecule has 1 heterocycles. The first kappa shape index (κ1) is 13.3. The Hall–Kier alpha value is -2.64. The number of hydrogen-bond donors (Lipinski definition) is 0. The third-order valence-corrected chi connectivity index (χ3v) is 4.01. The van der Waals surface area contributed by atoms with Crippen molar-refractivity contribution in [3.8, 4) is 6.07 Å². The largest absolute Gasteiger partial charge is 0.284 e. The molecule has 4 heteroatoms. The van der Waals surface area contributed by atoms with E-state index in [4.69, 9.17) is 5.26 Å². The Morgan fingerprint density at radius 1 is 1.05 bits per heavy atom. The highest BCUT2D eigenvalue weighted by molar-refractivity contribution is 8.19. The van der Waals surface area contributed by atoms with Crippen LogP contribution in [-0.4, -0.2) is 11.0 Å². The molecule has 0 saturated heterocycles. The smallest absolute Gasteiger partial charge is 0.266 e. The molecule has 0 N–H and O–H groups in total. The highest BCUT2D eigenvalue weighted by atomic mass is 32.2. The van der Waals surface area contributed by atoms with E-state index < -0.39 is 0 Å². The van der Waals surface area contributed by atoms with E-state index in [2.05, 4.69) is 11.1 Å². The number of aliphatic imine (C=N–C) groups is 1. The van der Waals surface area contributed by atoms with E-state index in [1.54, 1.807) is 18.2 Å². The van der Waals surface area contributed by atoms with Gasteiger partial charge in [-0.05, 0) is 23.8 Å². The summed E-state index contributed by atoms with van der Waals surface area (Å²) >= 11 is 1.37. The Labute approximate surface area is 126 Å². The monoisotopic (exact) mass is 290 g/mol. The predicted molar refractivity (Wildman–Crippen MR) is 84.7 cm³/mol. The molecule has 0 bridgehead atoms. The van der Waals surface area contributed by atoms with Crippen LogP contribution >= 0.6 is 11.8 Å². The zero-order valence-corrected chi connectivity index (χ0v) is 11.8. The SMILES string of the molecule is N#Cc1ccc(/C=C2\SC(c3ccccc3)=NC2=O)cc1. The van der Waals surface area contributed by atoms with E-state index in [0.717, 1.165) is 16.2 Å². The van der Waals surface area contributed by atoms with Crippen molar-refractivity contribution in [2.24, 2.45) is 4.99 Å². The summed E-state index contributed by atoms with van der Waals surface area (Å²) in [6.45, 7) is 0. The lowest BCUT2D eigenvalue weighted by molar-refractivity contribution is -0.113. The molecule has 2 aromatic rings. The van der Waals surface area contributed by atoms with Crippen LogP contribution in [0, 0.1) is 11.3 Å². The molecule has 3 nitrogen and oxygen atoms in total. The average molecular weight is 290 g/mol. The molecule has 0 aromatic heterocycles. The van der Waals surface area contributed by atoms with Crippen LogP contribution in [0.15, 0.2) is 64.5 Å². The van der Waals surface area contributed by atoms with Gasteiger partial charge in [0.25, 0.3) is 5.91 Å². The zero-order chi connectivity index (χ0) is 14.7. The van der Waals surface area contributed by atoms with E-state index >= 15 is 0 Å². The Balaban J connectivity index is 1.84. The summed E-state index contributed by atoms with van der Waals surface area (Å²) in [5, 5.41) is 9.50. The lowest BCUT2D eigenvalue weighted by Crippen LogP contribution is -1.89. The summed E-state index contributed by atoms with van der Waals surface area (Å²) in [6, 6.07) is 18.8. The molecule has 0 spiro atoms. The number of benzene rings is 2. The first-order chi connectivity index (χ1) is 10.3. The van der Waals surface area contributed by atoms with Crippen LogP contribution in [-0.2, 0) is 4.79 Å². The number of amides is 1. The Morgan fingerprint density at radius 3 is 2.43 bits per heavy atom. The molecule has 0 aliphatic carbocycles. The molecule has 1 amide bonds. The summed E-state index contributed by atoms with van der Waals surface area (Å²) in [5.74, 6) is -0.219. The maximum Gasteiger partial charge on any atom is 0.284 e. The van der Waals surface area contributed by atoms with Gasteiger partial charge in [-0.2, -0.15) is 5.26 Å². The number of carbonyl (C=O) groups excluding carboxylic acids is 1. The Morgan fingerprint density at radius 2 is 1.76 bits per heavy atom. The number of carbonyl (C=O) groups is 1. The summed E-state index contributed by atoms with van der Waals surface area (Å²) in [7, 11) is 0. The molecule has 21 heavy (non-hydrogen) atoms. The van der Waals surface area contributed by atoms with Crippen LogP contribution in [0.3, 0.4) is 0 Å². The van der Waals surface area contributed by atoms with Crippen LogP contribution in [0.1, 0.15) is 16.7 Å². The number of nitriles is 1. The van der Waals surface area contributed by atoms with Gasteiger partial charge < -0.3 is 0 Å². The third-order valence-electron chi connectivity index (χ3n) is 2.98. The van der Waals surface area contributed by atoms with E-state index in [0.29, 0.717) is 10.5 Å². The van der Waals surface area contributed by atoms with Gasteiger partial charge in [-0.15, -0.1) is 0 Å². The Bertz CT molecular complexity index is 784. The second kappa shape index (κ2) is 5.78. The van der Waals surface area contributed by atoms with Crippen LogP contribution in [0.5, 0.6) is 0 Å². The first-order valence-electron chi connectivity index (χ1n) is 6.34. The lowest BCUT2D eigenvalue weighted by atomic mass is 10.1. The van der Waals surface area contributed by atoms with Gasteiger partial charge in [0.05, 0.1) is 16.5 Å².